The van der Waals surface area contributed by atoms with E-state index in [0.29, 0.717) is 0 Å². The Morgan fingerprint density at radius 3 is 2.44 bits per heavy atom. The largest absolute Gasteiger partial charge is 0.457 e. The molecule has 0 radical (unpaired) electrons. The lowest BCUT2D eigenvalue weighted by atomic mass is 10.1. The SMILES string of the molecule is Fc1ccc(N2CCN(CCCC3C=C(c4cccc(Oc5ccccc5)c4)NO3)CC2)cc1. The highest BCUT2D eigenvalue weighted by atomic mass is 19.1. The maximum Gasteiger partial charge on any atom is 0.128 e. The first-order chi connectivity index (χ1) is 16.7. The number of hydrogen-bond donors (Lipinski definition) is 1. The molecule has 1 fully saturated rings. The van der Waals surface area contributed by atoms with E-state index in [4.69, 9.17) is 9.57 Å². The molecule has 2 aliphatic rings. The average molecular weight is 460 g/mol. The molecule has 3 aromatic rings. The molecule has 176 valence electrons. The van der Waals surface area contributed by atoms with Crippen LogP contribution in [0.5, 0.6) is 11.5 Å². The molecule has 0 aliphatic carbocycles. The number of nitrogens with one attached hydrogen (secondary N) is 1. The molecule has 1 unspecified atom stereocenters. The molecule has 1 N–H and O–H groups in total. The maximum absolute atomic E-state index is 13.2. The Kier molecular flexibility index (Phi) is 7.08. The Bertz CT molecular complexity index is 1100. The molecule has 2 aliphatic heterocycles. The molecule has 34 heavy (non-hydrogen) atoms. The summed E-state index contributed by atoms with van der Waals surface area (Å²) >= 11 is 0. The Hall–Kier alpha value is -3.35. The molecule has 5 nitrogen and oxygen atoms in total. The van der Waals surface area contributed by atoms with Crippen molar-refractivity contribution in [1.29, 1.82) is 0 Å². The first-order valence-electron chi connectivity index (χ1n) is 11.9. The number of piperazine rings is 1. The Morgan fingerprint density at radius 2 is 1.65 bits per heavy atom. The smallest absolute Gasteiger partial charge is 0.128 e. The summed E-state index contributed by atoms with van der Waals surface area (Å²) in [5, 5.41) is 0. The lowest BCUT2D eigenvalue weighted by Crippen LogP contribution is -2.46. The van der Waals surface area contributed by atoms with Gasteiger partial charge < -0.3 is 9.64 Å². The molecule has 0 amide bonds. The van der Waals surface area contributed by atoms with Crippen LogP contribution in [0.15, 0.2) is 84.9 Å². The third-order valence-electron chi connectivity index (χ3n) is 6.32. The molecule has 1 saturated heterocycles. The van der Waals surface area contributed by atoms with Crippen LogP contribution in [0.1, 0.15) is 18.4 Å². The van der Waals surface area contributed by atoms with Crippen LogP contribution < -0.4 is 15.1 Å². The summed E-state index contributed by atoms with van der Waals surface area (Å²) in [6.07, 6.45) is 4.27. The average Bonchev–Trinajstić information content (AvgIpc) is 3.35. The number of hydroxylamine groups is 1. The van der Waals surface area contributed by atoms with E-state index >= 15 is 0 Å². The van der Waals surface area contributed by atoms with E-state index in [0.717, 1.165) is 74.0 Å². The molecule has 2 heterocycles. The summed E-state index contributed by atoms with van der Waals surface area (Å²) in [4.78, 5) is 10.6. The topological polar surface area (TPSA) is 37.0 Å². The molecular weight excluding hydrogens is 429 g/mol. The summed E-state index contributed by atoms with van der Waals surface area (Å²) in [6.45, 7) is 5.05. The third-order valence-corrected chi connectivity index (χ3v) is 6.32. The zero-order valence-electron chi connectivity index (χ0n) is 19.2. The fourth-order valence-corrected chi connectivity index (χ4v) is 4.44. The van der Waals surface area contributed by atoms with Gasteiger partial charge in [0.2, 0.25) is 0 Å². The van der Waals surface area contributed by atoms with E-state index < -0.39 is 0 Å². The van der Waals surface area contributed by atoms with Crippen LogP contribution in [0.2, 0.25) is 0 Å². The molecule has 0 bridgehead atoms. The number of ether oxygens (including phenoxy) is 1. The van der Waals surface area contributed by atoms with Gasteiger partial charge in [-0.1, -0.05) is 30.3 Å². The quantitative estimate of drug-likeness (QED) is 0.484. The zero-order valence-corrected chi connectivity index (χ0v) is 19.2. The van der Waals surface area contributed by atoms with Gasteiger partial charge in [0.15, 0.2) is 0 Å². The standard InChI is InChI=1S/C28H30FN3O2/c29-23-11-13-24(14-12-23)32-18-16-31(17-19-32)15-5-10-27-21-28(30-34-27)22-6-4-9-26(20-22)33-25-7-2-1-3-8-25/h1-4,6-9,11-14,20-21,27,30H,5,10,15-19H2. The van der Waals surface area contributed by atoms with Crippen molar-refractivity contribution >= 4 is 11.4 Å². The molecule has 6 heteroatoms. The van der Waals surface area contributed by atoms with Crippen molar-refractivity contribution in [3.8, 4) is 11.5 Å². The second-order valence-electron chi connectivity index (χ2n) is 8.73. The Labute approximate surface area is 200 Å². The first-order valence-corrected chi connectivity index (χ1v) is 11.9. The van der Waals surface area contributed by atoms with Gasteiger partial charge in [0.1, 0.15) is 23.4 Å². The van der Waals surface area contributed by atoms with Gasteiger partial charge in [-0.2, -0.15) is 0 Å². The van der Waals surface area contributed by atoms with Crippen molar-refractivity contribution in [2.24, 2.45) is 0 Å². The van der Waals surface area contributed by atoms with E-state index in [9.17, 15) is 4.39 Å². The maximum atomic E-state index is 13.2. The van der Waals surface area contributed by atoms with Crippen LogP contribution in [0.3, 0.4) is 0 Å². The minimum absolute atomic E-state index is 0.0641. The summed E-state index contributed by atoms with van der Waals surface area (Å²) in [5.74, 6) is 1.44. The fourth-order valence-electron chi connectivity index (χ4n) is 4.44. The fraction of sp³-hybridized carbons (Fsp3) is 0.286. The lowest BCUT2D eigenvalue weighted by Gasteiger charge is -2.36. The molecule has 0 aromatic heterocycles. The monoisotopic (exact) mass is 459 g/mol. The van der Waals surface area contributed by atoms with Crippen LogP contribution in [0, 0.1) is 5.82 Å². The minimum atomic E-state index is -0.184. The lowest BCUT2D eigenvalue weighted by molar-refractivity contribution is 0.0438. The van der Waals surface area contributed by atoms with Gasteiger partial charge in [0.05, 0.1) is 5.70 Å². The predicted octanol–water partition coefficient (Wildman–Crippen LogP) is 5.46. The summed E-state index contributed by atoms with van der Waals surface area (Å²) in [7, 11) is 0. The van der Waals surface area contributed by atoms with Gasteiger partial charge in [-0.25, -0.2) is 4.39 Å². The predicted molar refractivity (Wildman–Crippen MR) is 133 cm³/mol. The van der Waals surface area contributed by atoms with Gasteiger partial charge in [0.25, 0.3) is 0 Å². The summed E-state index contributed by atoms with van der Waals surface area (Å²) < 4.78 is 19.1. The highest BCUT2D eigenvalue weighted by molar-refractivity contribution is 5.66. The van der Waals surface area contributed by atoms with Crippen LogP contribution in [-0.4, -0.2) is 43.7 Å². The van der Waals surface area contributed by atoms with Crippen molar-refractivity contribution in [3.05, 3.63) is 96.3 Å². The number of nitrogens with zero attached hydrogens (tertiary/aromatic N) is 2. The molecule has 0 saturated carbocycles. The number of para-hydroxylation sites is 1. The highest BCUT2D eigenvalue weighted by Crippen LogP contribution is 2.27. The summed E-state index contributed by atoms with van der Waals surface area (Å²) in [6, 6.07) is 24.6. The Balaban J connectivity index is 1.07. The normalized spacial score (nSPS) is 18.4. The number of rotatable bonds is 8. The number of anilines is 1. The van der Waals surface area contributed by atoms with Crippen molar-refractivity contribution in [2.45, 2.75) is 18.9 Å². The Morgan fingerprint density at radius 1 is 0.882 bits per heavy atom. The van der Waals surface area contributed by atoms with Crippen LogP contribution in [0.25, 0.3) is 5.70 Å². The van der Waals surface area contributed by atoms with Gasteiger partial charge in [0, 0.05) is 37.4 Å². The van der Waals surface area contributed by atoms with Crippen molar-refractivity contribution in [2.75, 3.05) is 37.6 Å². The van der Waals surface area contributed by atoms with E-state index in [1.807, 2.05) is 60.7 Å². The van der Waals surface area contributed by atoms with Crippen LogP contribution in [-0.2, 0) is 4.84 Å². The number of benzene rings is 3. The number of halogens is 1. The van der Waals surface area contributed by atoms with Gasteiger partial charge >= 0.3 is 0 Å². The van der Waals surface area contributed by atoms with E-state index in [1.165, 1.54) is 12.1 Å². The zero-order chi connectivity index (χ0) is 23.2. The highest BCUT2D eigenvalue weighted by Gasteiger charge is 2.20. The minimum Gasteiger partial charge on any atom is -0.457 e. The van der Waals surface area contributed by atoms with Crippen molar-refractivity contribution in [3.63, 3.8) is 0 Å². The second-order valence-corrected chi connectivity index (χ2v) is 8.73. The van der Waals surface area contributed by atoms with Crippen LogP contribution >= 0.6 is 0 Å². The first kappa shape index (κ1) is 22.4. The van der Waals surface area contributed by atoms with Crippen molar-refractivity contribution < 1.29 is 14.0 Å². The van der Waals surface area contributed by atoms with E-state index in [1.54, 1.807) is 0 Å². The van der Waals surface area contributed by atoms with Crippen LogP contribution in [0.4, 0.5) is 10.1 Å². The molecule has 0 spiro atoms. The van der Waals surface area contributed by atoms with Gasteiger partial charge in [-0.15, -0.1) is 0 Å². The second kappa shape index (κ2) is 10.7. The summed E-state index contributed by atoms with van der Waals surface area (Å²) in [5.41, 5.74) is 6.22. The van der Waals surface area contributed by atoms with E-state index in [-0.39, 0.29) is 11.9 Å². The molecular formula is C28H30FN3O2. The van der Waals surface area contributed by atoms with E-state index in [2.05, 4.69) is 27.4 Å². The molecule has 3 aromatic carbocycles. The molecule has 5 rings (SSSR count). The molecule has 1 atom stereocenters. The van der Waals surface area contributed by atoms with Gasteiger partial charge in [-0.05, 0) is 74.0 Å². The number of hydrogen-bond acceptors (Lipinski definition) is 5. The van der Waals surface area contributed by atoms with Crippen molar-refractivity contribution in [1.82, 2.24) is 10.4 Å². The van der Waals surface area contributed by atoms with Gasteiger partial charge in [-0.3, -0.25) is 15.2 Å². The third kappa shape index (κ3) is 5.76.